The van der Waals surface area contributed by atoms with Crippen LogP contribution in [0, 0.1) is 0 Å². The second-order valence-corrected chi connectivity index (χ2v) is 5.94. The highest BCUT2D eigenvalue weighted by atomic mass is 35.5. The molecular formula is C18H24Cl2N4O2. The number of aromatic nitrogens is 1. The summed E-state index contributed by atoms with van der Waals surface area (Å²) in [6.07, 6.45) is 1.79. The number of nitrogen functional groups attached to an aromatic ring is 1. The Hall–Kier alpha value is -1.86. The molecule has 0 spiro atoms. The van der Waals surface area contributed by atoms with Crippen LogP contribution in [-0.2, 0) is 16.1 Å². The molecule has 1 fully saturated rings. The van der Waals surface area contributed by atoms with Crippen molar-refractivity contribution in [3.05, 3.63) is 54.2 Å². The van der Waals surface area contributed by atoms with Crippen LogP contribution < -0.4 is 11.1 Å². The van der Waals surface area contributed by atoms with Crippen molar-refractivity contribution in [1.29, 1.82) is 0 Å². The molecule has 1 aliphatic heterocycles. The number of ether oxygens (including phenoxy) is 1. The van der Waals surface area contributed by atoms with Gasteiger partial charge in [0.25, 0.3) is 0 Å². The summed E-state index contributed by atoms with van der Waals surface area (Å²) in [5, 5.41) is 2.83. The van der Waals surface area contributed by atoms with Crippen molar-refractivity contribution in [3.63, 3.8) is 0 Å². The number of anilines is 2. The third-order valence-electron chi connectivity index (χ3n) is 3.96. The minimum atomic E-state index is -0.0933. The standard InChI is InChI=1S/C18H22N4O2.2ClH/c19-17-7-6-15(11-20-17)21-18(23)10-16-13-22(8-9-24-16)12-14-4-2-1-3-5-14;;/h1-7,11,16H,8-10,12-13H2,(H2,19,20)(H,21,23);2*1H. The molecule has 1 unspecified atom stereocenters. The number of benzene rings is 1. The normalized spacial score (nSPS) is 16.8. The quantitative estimate of drug-likeness (QED) is 0.808. The van der Waals surface area contributed by atoms with E-state index in [-0.39, 0.29) is 36.8 Å². The van der Waals surface area contributed by atoms with E-state index in [9.17, 15) is 4.79 Å². The fourth-order valence-electron chi connectivity index (χ4n) is 2.79. The molecule has 3 rings (SSSR count). The van der Waals surface area contributed by atoms with Gasteiger partial charge < -0.3 is 15.8 Å². The fraction of sp³-hybridized carbons (Fsp3) is 0.333. The van der Waals surface area contributed by atoms with Gasteiger partial charge in [0.05, 0.1) is 31.0 Å². The van der Waals surface area contributed by atoms with Crippen LogP contribution in [0.4, 0.5) is 11.5 Å². The summed E-state index contributed by atoms with van der Waals surface area (Å²) in [5.74, 6) is 0.355. The van der Waals surface area contributed by atoms with Crippen molar-refractivity contribution < 1.29 is 9.53 Å². The average Bonchev–Trinajstić information content (AvgIpc) is 2.58. The van der Waals surface area contributed by atoms with E-state index in [0.29, 0.717) is 24.5 Å². The van der Waals surface area contributed by atoms with Gasteiger partial charge >= 0.3 is 0 Å². The first-order valence-electron chi connectivity index (χ1n) is 8.08. The molecule has 1 aromatic carbocycles. The molecular weight excluding hydrogens is 375 g/mol. The van der Waals surface area contributed by atoms with Crippen LogP contribution in [0.15, 0.2) is 48.7 Å². The maximum absolute atomic E-state index is 12.2. The van der Waals surface area contributed by atoms with Crippen molar-refractivity contribution in [2.24, 2.45) is 0 Å². The van der Waals surface area contributed by atoms with E-state index in [0.717, 1.165) is 19.6 Å². The minimum Gasteiger partial charge on any atom is -0.384 e. The molecule has 8 heteroatoms. The molecule has 1 amide bonds. The summed E-state index contributed by atoms with van der Waals surface area (Å²) in [7, 11) is 0. The van der Waals surface area contributed by atoms with Crippen molar-refractivity contribution in [2.45, 2.75) is 19.1 Å². The number of hydrogen-bond donors (Lipinski definition) is 2. The van der Waals surface area contributed by atoms with E-state index in [1.54, 1.807) is 18.3 Å². The predicted molar refractivity (Wildman–Crippen MR) is 108 cm³/mol. The van der Waals surface area contributed by atoms with E-state index >= 15 is 0 Å². The lowest BCUT2D eigenvalue weighted by Gasteiger charge is -2.32. The number of amides is 1. The van der Waals surface area contributed by atoms with Gasteiger partial charge in [-0.1, -0.05) is 30.3 Å². The Morgan fingerprint density at radius 3 is 2.69 bits per heavy atom. The summed E-state index contributed by atoms with van der Waals surface area (Å²) in [5.41, 5.74) is 7.45. The van der Waals surface area contributed by atoms with Crippen molar-refractivity contribution in [1.82, 2.24) is 9.88 Å². The molecule has 1 atom stereocenters. The average molecular weight is 399 g/mol. The Morgan fingerprint density at radius 1 is 1.23 bits per heavy atom. The number of nitrogens with one attached hydrogen (secondary N) is 1. The van der Waals surface area contributed by atoms with E-state index in [1.807, 2.05) is 18.2 Å². The molecule has 0 radical (unpaired) electrons. The second kappa shape index (κ2) is 11.0. The predicted octanol–water partition coefficient (Wildman–Crippen LogP) is 2.74. The molecule has 2 aromatic rings. The molecule has 1 saturated heterocycles. The topological polar surface area (TPSA) is 80.5 Å². The van der Waals surface area contributed by atoms with Gasteiger partial charge in [0, 0.05) is 19.6 Å². The maximum atomic E-state index is 12.2. The van der Waals surface area contributed by atoms with Gasteiger partial charge in [-0.05, 0) is 17.7 Å². The summed E-state index contributed by atoms with van der Waals surface area (Å²) in [6, 6.07) is 13.7. The lowest BCUT2D eigenvalue weighted by atomic mass is 10.1. The molecule has 0 aliphatic carbocycles. The Kier molecular flexibility index (Phi) is 9.37. The zero-order valence-corrected chi connectivity index (χ0v) is 16.0. The van der Waals surface area contributed by atoms with E-state index in [1.165, 1.54) is 5.56 Å². The Balaban J connectivity index is 0.00000169. The van der Waals surface area contributed by atoms with Crippen LogP contribution in [0.2, 0.25) is 0 Å². The second-order valence-electron chi connectivity index (χ2n) is 5.94. The van der Waals surface area contributed by atoms with Crippen LogP contribution in [0.25, 0.3) is 0 Å². The number of rotatable bonds is 5. The molecule has 26 heavy (non-hydrogen) atoms. The molecule has 3 N–H and O–H groups in total. The summed E-state index contributed by atoms with van der Waals surface area (Å²) >= 11 is 0. The van der Waals surface area contributed by atoms with Crippen LogP contribution in [0.5, 0.6) is 0 Å². The van der Waals surface area contributed by atoms with Gasteiger partial charge in [-0.15, -0.1) is 24.8 Å². The number of halogens is 2. The maximum Gasteiger partial charge on any atom is 0.227 e. The van der Waals surface area contributed by atoms with Gasteiger partial charge in [-0.25, -0.2) is 4.98 Å². The summed E-state index contributed by atoms with van der Waals surface area (Å²) in [4.78, 5) is 18.4. The van der Waals surface area contributed by atoms with Crippen molar-refractivity contribution in [2.75, 3.05) is 30.7 Å². The van der Waals surface area contributed by atoms with Crippen LogP contribution in [0.3, 0.4) is 0 Å². The molecule has 0 bridgehead atoms. The third-order valence-corrected chi connectivity index (χ3v) is 3.96. The summed E-state index contributed by atoms with van der Waals surface area (Å²) < 4.78 is 5.74. The Bertz CT molecular complexity index is 671. The van der Waals surface area contributed by atoms with E-state index in [2.05, 4.69) is 27.3 Å². The Labute approximate surface area is 165 Å². The Morgan fingerprint density at radius 2 is 2.00 bits per heavy atom. The largest absolute Gasteiger partial charge is 0.384 e. The highest BCUT2D eigenvalue weighted by Crippen LogP contribution is 2.14. The van der Waals surface area contributed by atoms with Crippen molar-refractivity contribution in [3.8, 4) is 0 Å². The van der Waals surface area contributed by atoms with Crippen molar-refractivity contribution >= 4 is 42.2 Å². The number of carbonyl (C=O) groups excluding carboxylic acids is 1. The first-order valence-corrected chi connectivity index (χ1v) is 8.08. The van der Waals surface area contributed by atoms with Gasteiger partial charge in [0.15, 0.2) is 0 Å². The number of pyridine rings is 1. The zero-order valence-electron chi connectivity index (χ0n) is 14.3. The highest BCUT2D eigenvalue weighted by molar-refractivity contribution is 5.90. The summed E-state index contributed by atoms with van der Waals surface area (Å²) in [6.45, 7) is 3.16. The molecule has 142 valence electrons. The zero-order chi connectivity index (χ0) is 16.8. The minimum absolute atomic E-state index is 0. The molecule has 1 aromatic heterocycles. The lowest BCUT2D eigenvalue weighted by molar-refractivity contribution is -0.121. The first-order chi connectivity index (χ1) is 11.7. The van der Waals surface area contributed by atoms with E-state index in [4.69, 9.17) is 10.5 Å². The number of hydrogen-bond acceptors (Lipinski definition) is 5. The third kappa shape index (κ3) is 6.80. The molecule has 2 heterocycles. The lowest BCUT2D eigenvalue weighted by Crippen LogP contribution is -2.43. The number of carbonyl (C=O) groups is 1. The number of morpholine rings is 1. The monoisotopic (exact) mass is 398 g/mol. The van der Waals surface area contributed by atoms with Crippen LogP contribution in [0.1, 0.15) is 12.0 Å². The molecule has 1 aliphatic rings. The SMILES string of the molecule is Cl.Cl.Nc1ccc(NC(=O)CC2CN(Cc3ccccc3)CCO2)cn1. The number of nitrogens with two attached hydrogens (primary N) is 1. The number of nitrogens with zero attached hydrogens (tertiary/aromatic N) is 2. The first kappa shape index (κ1) is 22.2. The van der Waals surface area contributed by atoms with E-state index < -0.39 is 0 Å². The van der Waals surface area contributed by atoms with Gasteiger partial charge in [-0.3, -0.25) is 9.69 Å². The fourth-order valence-corrected chi connectivity index (χ4v) is 2.79. The molecule has 6 nitrogen and oxygen atoms in total. The van der Waals surface area contributed by atoms with Gasteiger partial charge in [0.1, 0.15) is 5.82 Å². The molecule has 0 saturated carbocycles. The van der Waals surface area contributed by atoms with Crippen LogP contribution in [-0.4, -0.2) is 41.6 Å². The van der Waals surface area contributed by atoms with Gasteiger partial charge in [0.2, 0.25) is 5.91 Å². The highest BCUT2D eigenvalue weighted by Gasteiger charge is 2.23. The van der Waals surface area contributed by atoms with Crippen LogP contribution >= 0.6 is 24.8 Å². The van der Waals surface area contributed by atoms with Gasteiger partial charge in [-0.2, -0.15) is 0 Å². The smallest absolute Gasteiger partial charge is 0.227 e.